The Hall–Kier alpha value is -0.0200. The van der Waals surface area contributed by atoms with Crippen LogP contribution in [0.4, 0.5) is 0 Å². The molecule has 0 N–H and O–H groups in total. The Balaban J connectivity index is 2.10. The van der Waals surface area contributed by atoms with Crippen molar-refractivity contribution in [3.8, 4) is 0 Å². The summed E-state index contributed by atoms with van der Waals surface area (Å²) in [6.07, 6.45) is 1.10. The molecule has 0 bridgehead atoms. The molecule has 0 amide bonds. The molecule has 2 saturated heterocycles. The number of carbonyl (C=O) groups excluding carboxylic acids is 1. The van der Waals surface area contributed by atoms with Crippen LogP contribution in [0, 0.1) is 5.92 Å². The summed E-state index contributed by atoms with van der Waals surface area (Å²) < 4.78 is 0. The predicted octanol–water partition coefficient (Wildman–Crippen LogP) is 1.01. The molecule has 2 nitrogen and oxygen atoms in total. The van der Waals surface area contributed by atoms with Crippen molar-refractivity contribution in [3.05, 3.63) is 0 Å². The van der Waals surface area contributed by atoms with Crippen LogP contribution in [0.15, 0.2) is 0 Å². The fraction of sp³-hybridized carbons (Fsp3) is 0.889. The summed E-state index contributed by atoms with van der Waals surface area (Å²) in [5, 5.41) is 0. The van der Waals surface area contributed by atoms with Gasteiger partial charge in [0.05, 0.1) is 6.04 Å². The van der Waals surface area contributed by atoms with Crippen LogP contribution in [-0.4, -0.2) is 41.3 Å². The van der Waals surface area contributed by atoms with Crippen molar-refractivity contribution in [1.82, 2.24) is 4.90 Å². The van der Waals surface area contributed by atoms with E-state index in [2.05, 4.69) is 11.9 Å². The van der Waals surface area contributed by atoms with Crippen molar-refractivity contribution in [1.29, 1.82) is 0 Å². The molecule has 0 saturated carbocycles. The minimum absolute atomic E-state index is 0.223. The maximum atomic E-state index is 11.2. The zero-order valence-corrected chi connectivity index (χ0v) is 8.43. The van der Waals surface area contributed by atoms with Crippen LogP contribution >= 0.6 is 11.8 Å². The first-order valence-corrected chi connectivity index (χ1v) is 5.65. The Morgan fingerprint density at radius 3 is 2.83 bits per heavy atom. The number of hydrogen-bond donors (Lipinski definition) is 0. The molecule has 2 aliphatic heterocycles. The van der Waals surface area contributed by atoms with E-state index in [0.29, 0.717) is 11.8 Å². The number of likely N-dealkylation sites (tertiary alicyclic amines) is 1. The predicted molar refractivity (Wildman–Crippen MR) is 51.5 cm³/mol. The minimum atomic E-state index is 0.223. The summed E-state index contributed by atoms with van der Waals surface area (Å²) in [6, 6.07) is 0.907. The molecule has 3 atom stereocenters. The number of carbonyl (C=O) groups is 1. The van der Waals surface area contributed by atoms with Gasteiger partial charge < -0.3 is 0 Å². The summed E-state index contributed by atoms with van der Waals surface area (Å²) in [4.78, 5) is 13.5. The Bertz CT molecular complexity index is 207. The number of rotatable bonds is 1. The smallest absolute Gasteiger partial charge is 0.146 e. The minimum Gasteiger partial charge on any atom is -0.298 e. The number of hydrogen-bond acceptors (Lipinski definition) is 3. The van der Waals surface area contributed by atoms with Gasteiger partial charge in [0.1, 0.15) is 5.78 Å². The highest BCUT2D eigenvalue weighted by atomic mass is 32.2. The van der Waals surface area contributed by atoms with Crippen LogP contribution in [0.3, 0.4) is 0 Å². The number of fused-ring (bicyclic) bond motifs is 1. The molecule has 0 spiro atoms. The Morgan fingerprint density at radius 1 is 1.50 bits per heavy atom. The van der Waals surface area contributed by atoms with Crippen molar-refractivity contribution in [2.75, 3.05) is 18.6 Å². The van der Waals surface area contributed by atoms with Crippen LogP contribution in [0.25, 0.3) is 0 Å². The average molecular weight is 185 g/mol. The third-order valence-corrected chi connectivity index (χ3v) is 4.42. The SMILES string of the molecule is CC(=O)C1CC2CSCC2N1C. The van der Waals surface area contributed by atoms with Crippen molar-refractivity contribution in [3.63, 3.8) is 0 Å². The molecule has 68 valence electrons. The van der Waals surface area contributed by atoms with Gasteiger partial charge in [-0.3, -0.25) is 9.69 Å². The first kappa shape index (κ1) is 8.57. The van der Waals surface area contributed by atoms with Gasteiger partial charge in [-0.2, -0.15) is 11.8 Å². The van der Waals surface area contributed by atoms with Gasteiger partial charge in [0.25, 0.3) is 0 Å². The van der Waals surface area contributed by atoms with E-state index in [4.69, 9.17) is 0 Å². The summed E-state index contributed by atoms with van der Waals surface area (Å²) >= 11 is 2.03. The first-order valence-electron chi connectivity index (χ1n) is 4.50. The summed E-state index contributed by atoms with van der Waals surface area (Å²) in [7, 11) is 2.10. The first-order chi connectivity index (χ1) is 5.70. The summed E-state index contributed by atoms with van der Waals surface area (Å²) in [5.74, 6) is 3.62. The fourth-order valence-electron chi connectivity index (χ4n) is 2.40. The number of thioether (sulfide) groups is 1. The van der Waals surface area contributed by atoms with Gasteiger partial charge in [0, 0.05) is 11.8 Å². The van der Waals surface area contributed by atoms with E-state index in [1.807, 2.05) is 11.8 Å². The highest BCUT2D eigenvalue weighted by Gasteiger charge is 2.43. The maximum Gasteiger partial charge on any atom is 0.146 e. The van der Waals surface area contributed by atoms with Gasteiger partial charge in [-0.1, -0.05) is 0 Å². The molecule has 0 aromatic carbocycles. The van der Waals surface area contributed by atoms with Crippen molar-refractivity contribution in [2.45, 2.75) is 25.4 Å². The third-order valence-electron chi connectivity index (χ3n) is 3.17. The molecular weight excluding hydrogens is 170 g/mol. The molecule has 3 unspecified atom stereocenters. The summed E-state index contributed by atoms with van der Waals surface area (Å²) in [5.41, 5.74) is 0. The molecule has 0 aliphatic carbocycles. The monoisotopic (exact) mass is 185 g/mol. The molecule has 12 heavy (non-hydrogen) atoms. The van der Waals surface area contributed by atoms with Crippen LogP contribution < -0.4 is 0 Å². The molecule has 3 heteroatoms. The molecule has 2 rings (SSSR count). The summed E-state index contributed by atoms with van der Waals surface area (Å²) in [6.45, 7) is 1.72. The lowest BCUT2D eigenvalue weighted by Crippen LogP contribution is -2.37. The van der Waals surface area contributed by atoms with Crippen LogP contribution in [0.5, 0.6) is 0 Å². The Morgan fingerprint density at radius 2 is 2.25 bits per heavy atom. The van der Waals surface area contributed by atoms with E-state index in [9.17, 15) is 4.79 Å². The topological polar surface area (TPSA) is 20.3 Å². The number of ketones is 1. The quantitative estimate of drug-likeness (QED) is 0.608. The normalized spacial score (nSPS) is 41.7. The molecule has 2 fully saturated rings. The van der Waals surface area contributed by atoms with Crippen LogP contribution in [-0.2, 0) is 4.79 Å². The largest absolute Gasteiger partial charge is 0.298 e. The molecule has 2 heterocycles. The van der Waals surface area contributed by atoms with Gasteiger partial charge in [-0.05, 0) is 32.1 Å². The molecular formula is C9H15NOS. The average Bonchev–Trinajstić information content (AvgIpc) is 2.53. The second-order valence-electron chi connectivity index (χ2n) is 3.89. The molecule has 0 radical (unpaired) electrons. The number of Topliss-reactive ketones (excluding diaryl/α,β-unsaturated/α-hetero) is 1. The molecule has 0 aromatic heterocycles. The van der Waals surface area contributed by atoms with E-state index in [-0.39, 0.29) is 6.04 Å². The fourth-order valence-corrected chi connectivity index (χ4v) is 3.95. The van der Waals surface area contributed by atoms with E-state index < -0.39 is 0 Å². The van der Waals surface area contributed by atoms with Crippen LogP contribution in [0.1, 0.15) is 13.3 Å². The zero-order chi connectivity index (χ0) is 8.72. The lowest BCUT2D eigenvalue weighted by atomic mass is 10.0. The second kappa shape index (κ2) is 3.04. The Kier molecular flexibility index (Phi) is 2.17. The van der Waals surface area contributed by atoms with Crippen molar-refractivity contribution in [2.24, 2.45) is 5.92 Å². The van der Waals surface area contributed by atoms with Crippen molar-refractivity contribution < 1.29 is 4.79 Å². The standard InChI is InChI=1S/C9H15NOS/c1-6(11)8-3-7-4-12-5-9(7)10(8)2/h7-9H,3-5H2,1-2H3. The highest BCUT2D eigenvalue weighted by molar-refractivity contribution is 7.99. The van der Waals surface area contributed by atoms with Gasteiger partial charge in [0.15, 0.2) is 0 Å². The van der Waals surface area contributed by atoms with Gasteiger partial charge in [-0.25, -0.2) is 0 Å². The molecule has 2 aliphatic rings. The lowest BCUT2D eigenvalue weighted by Gasteiger charge is -2.22. The van der Waals surface area contributed by atoms with E-state index >= 15 is 0 Å². The van der Waals surface area contributed by atoms with E-state index in [0.717, 1.165) is 12.3 Å². The lowest BCUT2D eigenvalue weighted by molar-refractivity contribution is -0.121. The maximum absolute atomic E-state index is 11.2. The van der Waals surface area contributed by atoms with E-state index in [1.54, 1.807) is 6.92 Å². The van der Waals surface area contributed by atoms with Gasteiger partial charge in [0.2, 0.25) is 0 Å². The third kappa shape index (κ3) is 1.19. The highest BCUT2D eigenvalue weighted by Crippen LogP contribution is 2.38. The van der Waals surface area contributed by atoms with Crippen molar-refractivity contribution >= 4 is 17.5 Å². The molecule has 0 aromatic rings. The number of likely N-dealkylation sites (N-methyl/N-ethyl adjacent to an activating group) is 1. The van der Waals surface area contributed by atoms with Gasteiger partial charge >= 0.3 is 0 Å². The van der Waals surface area contributed by atoms with Gasteiger partial charge in [-0.15, -0.1) is 0 Å². The number of nitrogens with zero attached hydrogens (tertiary/aromatic N) is 1. The van der Waals surface area contributed by atoms with Crippen LogP contribution in [0.2, 0.25) is 0 Å². The Labute approximate surface area is 77.7 Å². The van der Waals surface area contributed by atoms with E-state index in [1.165, 1.54) is 11.5 Å². The zero-order valence-electron chi connectivity index (χ0n) is 7.62. The second-order valence-corrected chi connectivity index (χ2v) is 4.97.